The highest BCUT2D eigenvalue weighted by molar-refractivity contribution is 6.36. The lowest BCUT2D eigenvalue weighted by Gasteiger charge is -2.10. The highest BCUT2D eigenvalue weighted by Gasteiger charge is 2.10. The Bertz CT molecular complexity index is 965. The molecular weight excluding hydrogens is 430 g/mol. The fourth-order valence-corrected chi connectivity index (χ4v) is 3.63. The Labute approximate surface area is 202 Å². The number of rotatable bonds is 16. The second-order valence-corrected chi connectivity index (χ2v) is 8.38. The lowest BCUT2D eigenvalue weighted by Crippen LogP contribution is -2.31. The minimum Gasteiger partial charge on any atom is -0.374 e. The van der Waals surface area contributed by atoms with Gasteiger partial charge >= 0.3 is 0 Å². The second kappa shape index (κ2) is 14.9. The average molecular weight is 466 g/mol. The van der Waals surface area contributed by atoms with Crippen LogP contribution in [-0.2, 0) is 38.4 Å². The van der Waals surface area contributed by atoms with E-state index in [9.17, 15) is 19.2 Å². The van der Waals surface area contributed by atoms with Crippen LogP contribution >= 0.6 is 0 Å². The minimum absolute atomic E-state index is 0.0105. The zero-order valence-electron chi connectivity index (χ0n) is 20.2. The number of unbranched alkanes of at least 4 members (excludes halogenated alkanes) is 1. The van der Waals surface area contributed by atoms with Crippen LogP contribution in [0.5, 0.6) is 0 Å². The van der Waals surface area contributed by atoms with Crippen molar-refractivity contribution in [2.24, 2.45) is 0 Å². The second-order valence-electron chi connectivity index (χ2n) is 8.38. The average Bonchev–Trinajstić information content (AvgIpc) is 2.84. The van der Waals surface area contributed by atoms with Gasteiger partial charge in [-0.1, -0.05) is 55.5 Å². The third kappa shape index (κ3) is 9.79. The predicted molar refractivity (Wildman–Crippen MR) is 132 cm³/mol. The number of ketones is 3. The van der Waals surface area contributed by atoms with Crippen molar-refractivity contribution in [2.45, 2.75) is 58.8 Å². The molecule has 0 bridgehead atoms. The summed E-state index contributed by atoms with van der Waals surface area (Å²) in [5, 5.41) is 2.67. The maximum atomic E-state index is 12.1. The van der Waals surface area contributed by atoms with Gasteiger partial charge in [-0.05, 0) is 55.7 Å². The molecule has 0 unspecified atom stereocenters. The topological polar surface area (TPSA) is 89.5 Å². The lowest BCUT2D eigenvalue weighted by molar-refractivity contribution is -0.137. The SMILES string of the molecule is CCC(=O)C(=O)NCCCCc1ccccc1CCCOCC(=O)Cc1ccc(C(C)=O)cc1. The molecule has 2 aromatic carbocycles. The standard InChI is InChI=1S/C28H35NO5/c1-3-27(32)28(33)29-17-7-6-11-24-9-4-5-10-25(24)12-8-18-34-20-26(31)19-22-13-15-23(16-14-22)21(2)30/h4-5,9-10,13-16H,3,6-8,11-12,17-20H2,1-2H3,(H,29,33). The van der Waals surface area contributed by atoms with Gasteiger partial charge in [0.05, 0.1) is 0 Å². The molecule has 0 aliphatic carbocycles. The fraction of sp³-hybridized carbons (Fsp3) is 0.429. The summed E-state index contributed by atoms with van der Waals surface area (Å²) in [5.41, 5.74) is 4.07. The summed E-state index contributed by atoms with van der Waals surface area (Å²) in [7, 11) is 0. The maximum Gasteiger partial charge on any atom is 0.287 e. The first-order valence-electron chi connectivity index (χ1n) is 12.0. The molecule has 0 heterocycles. The van der Waals surface area contributed by atoms with Crippen molar-refractivity contribution in [3.63, 3.8) is 0 Å². The van der Waals surface area contributed by atoms with Gasteiger partial charge in [-0.25, -0.2) is 0 Å². The number of carbonyl (C=O) groups excluding carboxylic acids is 4. The van der Waals surface area contributed by atoms with Gasteiger partial charge in [0.15, 0.2) is 11.6 Å². The van der Waals surface area contributed by atoms with E-state index >= 15 is 0 Å². The number of hydrogen-bond donors (Lipinski definition) is 1. The van der Waals surface area contributed by atoms with Gasteiger partial charge in [0, 0.05) is 31.6 Å². The molecule has 0 saturated carbocycles. The number of Topliss-reactive ketones (excluding diaryl/α,β-unsaturated/α-hetero) is 3. The van der Waals surface area contributed by atoms with Crippen molar-refractivity contribution in [3.8, 4) is 0 Å². The molecule has 0 radical (unpaired) electrons. The van der Waals surface area contributed by atoms with Crippen molar-refractivity contribution in [1.29, 1.82) is 0 Å². The van der Waals surface area contributed by atoms with E-state index in [1.165, 1.54) is 18.1 Å². The van der Waals surface area contributed by atoms with Crippen LogP contribution in [0.1, 0.15) is 66.6 Å². The number of carbonyl (C=O) groups is 4. The Balaban J connectivity index is 1.64. The van der Waals surface area contributed by atoms with E-state index in [2.05, 4.69) is 17.4 Å². The molecule has 34 heavy (non-hydrogen) atoms. The predicted octanol–water partition coefficient (Wildman–Crippen LogP) is 4.07. The first-order chi connectivity index (χ1) is 16.4. The smallest absolute Gasteiger partial charge is 0.287 e. The van der Waals surface area contributed by atoms with E-state index in [0.29, 0.717) is 25.1 Å². The molecule has 182 valence electrons. The van der Waals surface area contributed by atoms with Crippen LogP contribution in [0.15, 0.2) is 48.5 Å². The Morgan fingerprint density at radius 2 is 1.50 bits per heavy atom. The maximum absolute atomic E-state index is 12.1. The quantitative estimate of drug-likeness (QED) is 0.229. The summed E-state index contributed by atoms with van der Waals surface area (Å²) in [5.74, 6) is -0.843. The molecular formula is C28H35NO5. The molecule has 6 heteroatoms. The molecule has 0 fully saturated rings. The van der Waals surface area contributed by atoms with Gasteiger partial charge < -0.3 is 10.1 Å². The van der Waals surface area contributed by atoms with E-state index in [0.717, 1.165) is 37.7 Å². The highest BCUT2D eigenvalue weighted by atomic mass is 16.5. The zero-order chi connectivity index (χ0) is 24.8. The molecule has 1 amide bonds. The van der Waals surface area contributed by atoms with Gasteiger partial charge in [-0.2, -0.15) is 0 Å². The highest BCUT2D eigenvalue weighted by Crippen LogP contribution is 2.14. The Kier molecular flexibility index (Phi) is 11.9. The summed E-state index contributed by atoms with van der Waals surface area (Å²) in [4.78, 5) is 46.3. The van der Waals surface area contributed by atoms with Gasteiger partial charge in [0.1, 0.15) is 6.61 Å². The monoisotopic (exact) mass is 465 g/mol. The molecule has 0 spiro atoms. The number of amides is 1. The molecule has 0 aliphatic rings. The summed E-state index contributed by atoms with van der Waals surface area (Å²) in [6, 6.07) is 15.4. The van der Waals surface area contributed by atoms with Gasteiger partial charge in [-0.3, -0.25) is 19.2 Å². The largest absolute Gasteiger partial charge is 0.374 e. The van der Waals surface area contributed by atoms with Gasteiger partial charge in [0.2, 0.25) is 5.78 Å². The number of aryl methyl sites for hydroxylation is 2. The third-order valence-corrected chi connectivity index (χ3v) is 5.61. The van der Waals surface area contributed by atoms with E-state index in [-0.39, 0.29) is 30.4 Å². The van der Waals surface area contributed by atoms with Crippen molar-refractivity contribution < 1.29 is 23.9 Å². The molecule has 0 saturated heterocycles. The molecule has 0 atom stereocenters. The Hall–Kier alpha value is -3.12. The van der Waals surface area contributed by atoms with Crippen LogP contribution in [0, 0.1) is 0 Å². The molecule has 2 rings (SSSR count). The Morgan fingerprint density at radius 3 is 2.12 bits per heavy atom. The van der Waals surface area contributed by atoms with E-state index in [4.69, 9.17) is 4.74 Å². The molecule has 0 aromatic heterocycles. The number of benzene rings is 2. The summed E-state index contributed by atoms with van der Waals surface area (Å²) in [6.45, 7) is 4.31. The molecule has 2 aromatic rings. The van der Waals surface area contributed by atoms with Crippen LogP contribution < -0.4 is 5.32 Å². The van der Waals surface area contributed by atoms with Crippen molar-refractivity contribution in [3.05, 3.63) is 70.8 Å². The fourth-order valence-electron chi connectivity index (χ4n) is 3.63. The zero-order valence-corrected chi connectivity index (χ0v) is 20.2. The summed E-state index contributed by atoms with van der Waals surface area (Å²) < 4.78 is 5.58. The van der Waals surface area contributed by atoms with Crippen LogP contribution in [0.3, 0.4) is 0 Å². The number of ether oxygens (including phenoxy) is 1. The van der Waals surface area contributed by atoms with Gasteiger partial charge in [0.25, 0.3) is 5.91 Å². The van der Waals surface area contributed by atoms with Crippen LogP contribution in [0.25, 0.3) is 0 Å². The van der Waals surface area contributed by atoms with Crippen molar-refractivity contribution in [2.75, 3.05) is 19.8 Å². The number of nitrogens with one attached hydrogen (secondary N) is 1. The van der Waals surface area contributed by atoms with E-state index in [1.54, 1.807) is 19.1 Å². The first-order valence-corrected chi connectivity index (χ1v) is 12.0. The van der Waals surface area contributed by atoms with Crippen molar-refractivity contribution in [1.82, 2.24) is 5.32 Å². The summed E-state index contributed by atoms with van der Waals surface area (Å²) in [6.07, 6.45) is 4.89. The molecule has 0 aliphatic heterocycles. The van der Waals surface area contributed by atoms with Crippen molar-refractivity contribution >= 4 is 23.3 Å². The first kappa shape index (κ1) is 27.1. The van der Waals surface area contributed by atoms with Crippen LogP contribution in [0.4, 0.5) is 0 Å². The normalized spacial score (nSPS) is 10.6. The summed E-state index contributed by atoms with van der Waals surface area (Å²) >= 11 is 0. The molecule has 1 N–H and O–H groups in total. The van der Waals surface area contributed by atoms with E-state index < -0.39 is 5.91 Å². The Morgan fingerprint density at radius 1 is 0.853 bits per heavy atom. The minimum atomic E-state index is -0.493. The third-order valence-electron chi connectivity index (χ3n) is 5.61. The lowest BCUT2D eigenvalue weighted by atomic mass is 9.98. The van der Waals surface area contributed by atoms with Crippen LogP contribution in [-0.4, -0.2) is 43.0 Å². The van der Waals surface area contributed by atoms with E-state index in [1.807, 2.05) is 24.3 Å². The molecule has 6 nitrogen and oxygen atoms in total. The number of hydrogen-bond acceptors (Lipinski definition) is 5. The van der Waals surface area contributed by atoms with Crippen LogP contribution in [0.2, 0.25) is 0 Å². The van der Waals surface area contributed by atoms with Gasteiger partial charge in [-0.15, -0.1) is 0 Å².